The molecule has 0 radical (unpaired) electrons. The van der Waals surface area contributed by atoms with Crippen LogP contribution in [0.3, 0.4) is 0 Å². The van der Waals surface area contributed by atoms with Gasteiger partial charge in [-0.3, -0.25) is 0 Å². The van der Waals surface area contributed by atoms with Crippen LogP contribution in [-0.2, 0) is 13.0 Å². The maximum Gasteiger partial charge on any atom is 0.126 e. The Morgan fingerprint density at radius 3 is 2.65 bits per heavy atom. The van der Waals surface area contributed by atoms with Crippen LogP contribution in [-0.4, -0.2) is 16.3 Å². The van der Waals surface area contributed by atoms with E-state index < -0.39 is 0 Å². The molecule has 0 aliphatic rings. The fraction of sp³-hybridized carbons (Fsp3) is 0.167. The molecule has 1 N–H and O–H groups in total. The molecule has 23 heavy (non-hydrogen) atoms. The maximum atomic E-state index is 13.5. The second-order valence-electron chi connectivity index (χ2n) is 5.29. The van der Waals surface area contributed by atoms with Crippen molar-refractivity contribution in [2.45, 2.75) is 13.0 Å². The number of rotatable bonds is 6. The molecule has 0 atom stereocenters. The van der Waals surface area contributed by atoms with Gasteiger partial charge in [-0.05, 0) is 48.9 Å². The molecule has 0 saturated carbocycles. The van der Waals surface area contributed by atoms with E-state index in [4.69, 9.17) is 0 Å². The lowest BCUT2D eigenvalue weighted by Gasteiger charge is -2.04. The fourth-order valence-electron chi connectivity index (χ4n) is 2.34. The molecular weight excluding hydrogens is 357 g/mol. The minimum atomic E-state index is -0.141. The number of halogens is 2. The summed E-state index contributed by atoms with van der Waals surface area (Å²) < 4.78 is 16.4. The van der Waals surface area contributed by atoms with E-state index in [-0.39, 0.29) is 5.82 Å². The molecule has 3 aromatic rings. The third kappa shape index (κ3) is 4.27. The lowest BCUT2D eigenvalue weighted by Crippen LogP contribution is -2.16. The molecule has 118 valence electrons. The van der Waals surface area contributed by atoms with Gasteiger partial charge in [0, 0.05) is 22.8 Å². The number of hydrogen-bond donors (Lipinski definition) is 1. The van der Waals surface area contributed by atoms with Crippen molar-refractivity contribution < 1.29 is 4.39 Å². The third-order valence-electron chi connectivity index (χ3n) is 3.59. The number of aromatic nitrogens is 2. The molecule has 3 nitrogen and oxygen atoms in total. The number of nitrogens with one attached hydrogen (secondary N) is 1. The molecule has 0 bridgehead atoms. The highest BCUT2D eigenvalue weighted by molar-refractivity contribution is 9.10. The van der Waals surface area contributed by atoms with Crippen LogP contribution in [0.15, 0.2) is 65.4 Å². The van der Waals surface area contributed by atoms with Crippen LogP contribution in [0.5, 0.6) is 0 Å². The molecule has 0 spiro atoms. The summed E-state index contributed by atoms with van der Waals surface area (Å²) in [6, 6.07) is 14.9. The summed E-state index contributed by atoms with van der Waals surface area (Å²) in [7, 11) is 0. The molecule has 0 aliphatic carbocycles. The highest BCUT2D eigenvalue weighted by atomic mass is 79.9. The van der Waals surface area contributed by atoms with Crippen molar-refractivity contribution in [3.8, 4) is 5.69 Å². The van der Waals surface area contributed by atoms with Crippen molar-refractivity contribution in [1.82, 2.24) is 15.1 Å². The quantitative estimate of drug-likeness (QED) is 0.659. The Morgan fingerprint density at radius 1 is 1.09 bits per heavy atom. The Balaban J connectivity index is 1.52. The average Bonchev–Trinajstić information content (AvgIpc) is 3.03. The van der Waals surface area contributed by atoms with Crippen LogP contribution in [0.25, 0.3) is 5.69 Å². The van der Waals surface area contributed by atoms with Crippen molar-refractivity contribution in [3.05, 3.63) is 82.3 Å². The summed E-state index contributed by atoms with van der Waals surface area (Å²) in [4.78, 5) is 0. The van der Waals surface area contributed by atoms with Crippen LogP contribution < -0.4 is 5.32 Å². The zero-order valence-electron chi connectivity index (χ0n) is 12.5. The first kappa shape index (κ1) is 15.9. The average molecular weight is 374 g/mol. The van der Waals surface area contributed by atoms with Crippen molar-refractivity contribution in [2.75, 3.05) is 6.54 Å². The maximum absolute atomic E-state index is 13.5. The molecular formula is C18H17BrFN3. The molecule has 0 amide bonds. The van der Waals surface area contributed by atoms with Crippen LogP contribution >= 0.6 is 15.9 Å². The molecule has 1 aromatic heterocycles. The Labute approximate surface area is 143 Å². The second-order valence-corrected chi connectivity index (χ2v) is 6.20. The zero-order chi connectivity index (χ0) is 16.1. The fourth-order valence-corrected chi connectivity index (χ4v) is 2.61. The van der Waals surface area contributed by atoms with Gasteiger partial charge in [-0.15, -0.1) is 0 Å². The van der Waals surface area contributed by atoms with E-state index in [2.05, 4.69) is 26.3 Å². The lowest BCUT2D eigenvalue weighted by atomic mass is 10.1. The minimum absolute atomic E-state index is 0.141. The Morgan fingerprint density at radius 2 is 1.87 bits per heavy atom. The van der Waals surface area contributed by atoms with Crippen molar-refractivity contribution >= 4 is 15.9 Å². The first-order valence-electron chi connectivity index (χ1n) is 7.46. The van der Waals surface area contributed by atoms with Crippen molar-refractivity contribution in [3.63, 3.8) is 0 Å². The minimum Gasteiger partial charge on any atom is -0.312 e. The van der Waals surface area contributed by atoms with Gasteiger partial charge in [0.2, 0.25) is 0 Å². The molecule has 3 rings (SSSR count). The first-order chi connectivity index (χ1) is 11.2. The van der Waals surface area contributed by atoms with Gasteiger partial charge in [0.15, 0.2) is 0 Å². The van der Waals surface area contributed by atoms with E-state index in [1.165, 1.54) is 6.07 Å². The van der Waals surface area contributed by atoms with E-state index in [0.29, 0.717) is 13.0 Å². The largest absolute Gasteiger partial charge is 0.312 e. The van der Waals surface area contributed by atoms with Gasteiger partial charge in [-0.25, -0.2) is 9.07 Å². The van der Waals surface area contributed by atoms with E-state index >= 15 is 0 Å². The Kier molecular flexibility index (Phi) is 5.20. The van der Waals surface area contributed by atoms with Gasteiger partial charge >= 0.3 is 0 Å². The molecule has 0 saturated heterocycles. The van der Waals surface area contributed by atoms with Gasteiger partial charge in [0.1, 0.15) is 5.82 Å². The van der Waals surface area contributed by atoms with Gasteiger partial charge in [0.05, 0.1) is 11.9 Å². The summed E-state index contributed by atoms with van der Waals surface area (Å²) in [6.45, 7) is 1.44. The second kappa shape index (κ2) is 7.53. The van der Waals surface area contributed by atoms with E-state index in [1.54, 1.807) is 6.07 Å². The van der Waals surface area contributed by atoms with E-state index in [0.717, 1.165) is 27.8 Å². The predicted molar refractivity (Wildman–Crippen MR) is 93.1 cm³/mol. The van der Waals surface area contributed by atoms with Crippen molar-refractivity contribution in [1.29, 1.82) is 0 Å². The SMILES string of the molecule is Fc1ccccc1CCNCc1cnn(-c2ccc(Br)cc2)c1. The Hall–Kier alpha value is -1.98. The van der Waals surface area contributed by atoms with Crippen LogP contribution in [0, 0.1) is 5.82 Å². The summed E-state index contributed by atoms with van der Waals surface area (Å²) in [6.07, 6.45) is 4.52. The van der Waals surface area contributed by atoms with Crippen LogP contribution in [0.2, 0.25) is 0 Å². The van der Waals surface area contributed by atoms with E-state index in [9.17, 15) is 4.39 Å². The highest BCUT2D eigenvalue weighted by Gasteiger charge is 2.02. The summed E-state index contributed by atoms with van der Waals surface area (Å²) >= 11 is 3.42. The van der Waals surface area contributed by atoms with Crippen molar-refractivity contribution in [2.24, 2.45) is 0 Å². The summed E-state index contributed by atoms with van der Waals surface area (Å²) in [5.74, 6) is -0.141. The normalized spacial score (nSPS) is 10.9. The summed E-state index contributed by atoms with van der Waals surface area (Å²) in [5, 5.41) is 7.69. The predicted octanol–water partition coefficient (Wildman–Crippen LogP) is 4.11. The molecule has 2 aromatic carbocycles. The standard InChI is InChI=1S/C18H17BrFN3/c19-16-5-7-17(8-6-16)23-13-14(12-22-23)11-21-10-9-15-3-1-2-4-18(15)20/h1-8,12-13,21H,9-11H2. The smallest absolute Gasteiger partial charge is 0.126 e. The highest BCUT2D eigenvalue weighted by Crippen LogP contribution is 2.14. The van der Waals surface area contributed by atoms with Crippen LogP contribution in [0.1, 0.15) is 11.1 Å². The third-order valence-corrected chi connectivity index (χ3v) is 4.11. The number of nitrogens with zero attached hydrogens (tertiary/aromatic N) is 2. The van der Waals surface area contributed by atoms with Gasteiger partial charge in [-0.1, -0.05) is 34.1 Å². The molecule has 0 unspecified atom stereocenters. The topological polar surface area (TPSA) is 29.9 Å². The molecule has 0 aliphatic heterocycles. The molecule has 5 heteroatoms. The van der Waals surface area contributed by atoms with Gasteiger partial charge < -0.3 is 5.32 Å². The Bertz CT molecular complexity index is 768. The van der Waals surface area contributed by atoms with Crippen LogP contribution in [0.4, 0.5) is 4.39 Å². The zero-order valence-corrected chi connectivity index (χ0v) is 14.1. The summed E-state index contributed by atoms with van der Waals surface area (Å²) in [5.41, 5.74) is 2.86. The van der Waals surface area contributed by atoms with Gasteiger partial charge in [0.25, 0.3) is 0 Å². The number of hydrogen-bond acceptors (Lipinski definition) is 2. The lowest BCUT2D eigenvalue weighted by molar-refractivity contribution is 0.598. The molecule has 0 fully saturated rings. The monoisotopic (exact) mass is 373 g/mol. The number of benzene rings is 2. The van der Waals surface area contributed by atoms with Gasteiger partial charge in [-0.2, -0.15) is 5.10 Å². The van der Waals surface area contributed by atoms with E-state index in [1.807, 2.05) is 53.5 Å². The molecule has 1 heterocycles. The first-order valence-corrected chi connectivity index (χ1v) is 8.25.